The van der Waals surface area contributed by atoms with Gasteiger partial charge in [0.25, 0.3) is 0 Å². The summed E-state index contributed by atoms with van der Waals surface area (Å²) in [6.07, 6.45) is -1.86. The molecular weight excluding hydrogens is 262 g/mol. The van der Waals surface area contributed by atoms with Crippen LogP contribution in [0.5, 0.6) is 11.5 Å². The standard InChI is InChI=1S/C11H8F2N2O2S/c1-6-5-14-10(18)15(6)7-2-3-8-9(4-7)17-11(12,13)16-8/h2-5H,1H3,(H,14,18). The summed E-state index contributed by atoms with van der Waals surface area (Å²) in [6, 6.07) is 4.53. The fraction of sp³-hybridized carbons (Fsp3) is 0.182. The van der Waals surface area contributed by atoms with Crippen LogP contribution in [0.2, 0.25) is 0 Å². The highest BCUT2D eigenvalue weighted by Gasteiger charge is 2.43. The van der Waals surface area contributed by atoms with Crippen molar-refractivity contribution in [2.75, 3.05) is 0 Å². The van der Waals surface area contributed by atoms with Gasteiger partial charge in [-0.1, -0.05) is 0 Å². The van der Waals surface area contributed by atoms with Crippen molar-refractivity contribution in [1.82, 2.24) is 9.55 Å². The van der Waals surface area contributed by atoms with Gasteiger partial charge in [0, 0.05) is 18.0 Å². The molecule has 0 radical (unpaired) electrons. The summed E-state index contributed by atoms with van der Waals surface area (Å²) >= 11 is 5.12. The molecule has 2 aromatic rings. The number of imidazole rings is 1. The van der Waals surface area contributed by atoms with Crippen molar-refractivity contribution >= 4 is 12.2 Å². The van der Waals surface area contributed by atoms with E-state index in [1.54, 1.807) is 16.8 Å². The molecule has 0 bridgehead atoms. The SMILES string of the molecule is Cc1c[nH]c(=S)n1-c1ccc2c(c1)OC(F)(F)O2. The van der Waals surface area contributed by atoms with Gasteiger partial charge in [0.1, 0.15) is 0 Å². The van der Waals surface area contributed by atoms with E-state index >= 15 is 0 Å². The van der Waals surface area contributed by atoms with E-state index in [1.165, 1.54) is 12.1 Å². The van der Waals surface area contributed by atoms with Crippen LogP contribution in [0.25, 0.3) is 5.69 Å². The van der Waals surface area contributed by atoms with E-state index in [-0.39, 0.29) is 11.5 Å². The molecule has 0 atom stereocenters. The molecule has 0 saturated heterocycles. The highest BCUT2D eigenvalue weighted by Crippen LogP contribution is 2.41. The fourth-order valence-corrected chi connectivity index (χ4v) is 2.16. The third-order valence-corrected chi connectivity index (χ3v) is 2.90. The summed E-state index contributed by atoms with van der Waals surface area (Å²) in [7, 11) is 0. The lowest BCUT2D eigenvalue weighted by atomic mass is 10.2. The van der Waals surface area contributed by atoms with Crippen molar-refractivity contribution in [3.05, 3.63) is 34.9 Å². The number of aromatic amines is 1. The molecule has 18 heavy (non-hydrogen) atoms. The van der Waals surface area contributed by atoms with Crippen molar-refractivity contribution in [3.8, 4) is 17.2 Å². The summed E-state index contributed by atoms with van der Waals surface area (Å²) < 4.78 is 36.7. The van der Waals surface area contributed by atoms with Gasteiger partial charge in [-0.3, -0.25) is 4.57 Å². The van der Waals surface area contributed by atoms with Gasteiger partial charge < -0.3 is 14.5 Å². The Morgan fingerprint density at radius 3 is 2.67 bits per heavy atom. The van der Waals surface area contributed by atoms with Gasteiger partial charge in [-0.2, -0.15) is 0 Å². The first-order valence-electron chi connectivity index (χ1n) is 5.13. The van der Waals surface area contributed by atoms with Gasteiger partial charge >= 0.3 is 6.29 Å². The van der Waals surface area contributed by atoms with E-state index in [1.807, 2.05) is 6.92 Å². The summed E-state index contributed by atoms with van der Waals surface area (Å²) in [4.78, 5) is 2.88. The molecule has 3 rings (SSSR count). The number of nitrogens with one attached hydrogen (secondary N) is 1. The largest absolute Gasteiger partial charge is 0.586 e. The number of halogens is 2. The van der Waals surface area contributed by atoms with Crippen molar-refractivity contribution < 1.29 is 18.3 Å². The lowest BCUT2D eigenvalue weighted by Gasteiger charge is -2.06. The highest BCUT2D eigenvalue weighted by atomic mass is 32.1. The number of ether oxygens (including phenoxy) is 2. The Hall–Kier alpha value is -1.89. The average molecular weight is 270 g/mol. The molecule has 1 aromatic carbocycles. The monoisotopic (exact) mass is 270 g/mol. The second kappa shape index (κ2) is 3.55. The zero-order valence-electron chi connectivity index (χ0n) is 9.24. The molecule has 7 heteroatoms. The quantitative estimate of drug-likeness (QED) is 0.809. The van der Waals surface area contributed by atoms with Crippen LogP contribution in [0.3, 0.4) is 0 Å². The minimum atomic E-state index is -3.60. The highest BCUT2D eigenvalue weighted by molar-refractivity contribution is 7.71. The van der Waals surface area contributed by atoms with Crippen molar-refractivity contribution in [2.24, 2.45) is 0 Å². The fourth-order valence-electron chi connectivity index (χ4n) is 1.85. The minimum Gasteiger partial charge on any atom is -0.395 e. The molecule has 0 fully saturated rings. The van der Waals surface area contributed by atoms with E-state index < -0.39 is 6.29 Å². The minimum absolute atomic E-state index is 0.000000000000000222. The lowest BCUT2D eigenvalue weighted by molar-refractivity contribution is -0.286. The summed E-state index contributed by atoms with van der Waals surface area (Å²) in [6.45, 7) is 1.85. The number of H-pyrrole nitrogens is 1. The molecule has 2 heterocycles. The smallest absolute Gasteiger partial charge is 0.395 e. The summed E-state index contributed by atoms with van der Waals surface area (Å²) in [5.41, 5.74) is 1.50. The average Bonchev–Trinajstić information content (AvgIpc) is 2.76. The molecule has 1 aliphatic heterocycles. The van der Waals surface area contributed by atoms with E-state index in [4.69, 9.17) is 12.2 Å². The number of rotatable bonds is 1. The number of benzene rings is 1. The maximum Gasteiger partial charge on any atom is 0.586 e. The molecular formula is C11H8F2N2O2S. The number of nitrogens with zero attached hydrogens (tertiary/aromatic N) is 1. The van der Waals surface area contributed by atoms with Crippen LogP contribution in [0.15, 0.2) is 24.4 Å². The molecule has 4 nitrogen and oxygen atoms in total. The predicted octanol–water partition coefficient (Wildman–Crippen LogP) is 3.16. The summed E-state index contributed by atoms with van der Waals surface area (Å²) in [5, 5.41) is 0. The summed E-state index contributed by atoms with van der Waals surface area (Å²) in [5.74, 6) is 0.0171. The molecule has 1 aromatic heterocycles. The zero-order valence-corrected chi connectivity index (χ0v) is 10.1. The lowest BCUT2D eigenvalue weighted by Crippen LogP contribution is -2.25. The number of fused-ring (bicyclic) bond motifs is 1. The van der Waals surface area contributed by atoms with E-state index in [0.29, 0.717) is 10.5 Å². The van der Waals surface area contributed by atoms with Gasteiger partial charge in [0.15, 0.2) is 16.3 Å². The van der Waals surface area contributed by atoms with Crippen LogP contribution in [0.4, 0.5) is 8.78 Å². The number of aromatic nitrogens is 2. The number of hydrogen-bond donors (Lipinski definition) is 1. The maximum absolute atomic E-state index is 12.9. The van der Waals surface area contributed by atoms with Crippen LogP contribution in [0.1, 0.15) is 5.69 Å². The van der Waals surface area contributed by atoms with Gasteiger partial charge in [-0.15, -0.1) is 8.78 Å². The first-order valence-corrected chi connectivity index (χ1v) is 5.54. The van der Waals surface area contributed by atoms with E-state index in [9.17, 15) is 8.78 Å². The van der Waals surface area contributed by atoms with Gasteiger partial charge in [0.05, 0.1) is 5.69 Å². The van der Waals surface area contributed by atoms with Crippen LogP contribution < -0.4 is 9.47 Å². The van der Waals surface area contributed by atoms with Gasteiger partial charge in [-0.05, 0) is 31.3 Å². The van der Waals surface area contributed by atoms with Crippen LogP contribution in [-0.4, -0.2) is 15.8 Å². The third-order valence-electron chi connectivity index (χ3n) is 2.60. The Labute approximate surface area is 106 Å². The molecule has 0 amide bonds. The Kier molecular flexibility index (Phi) is 2.21. The molecule has 1 aliphatic rings. The Balaban J connectivity index is 2.11. The first kappa shape index (κ1) is 11.2. The van der Waals surface area contributed by atoms with Crippen LogP contribution in [0, 0.1) is 11.7 Å². The number of alkyl halides is 2. The second-order valence-corrected chi connectivity index (χ2v) is 4.26. The van der Waals surface area contributed by atoms with Crippen molar-refractivity contribution in [1.29, 1.82) is 0 Å². The predicted molar refractivity (Wildman–Crippen MR) is 61.9 cm³/mol. The van der Waals surface area contributed by atoms with Crippen LogP contribution >= 0.6 is 12.2 Å². The zero-order chi connectivity index (χ0) is 12.9. The Morgan fingerprint density at radius 2 is 2.00 bits per heavy atom. The molecule has 0 spiro atoms. The second-order valence-electron chi connectivity index (χ2n) is 3.87. The number of hydrogen-bond acceptors (Lipinski definition) is 3. The Bertz CT molecular complexity index is 678. The van der Waals surface area contributed by atoms with Crippen molar-refractivity contribution in [2.45, 2.75) is 13.2 Å². The molecule has 0 saturated carbocycles. The first-order chi connectivity index (χ1) is 8.46. The van der Waals surface area contributed by atoms with Gasteiger partial charge in [0.2, 0.25) is 0 Å². The Morgan fingerprint density at radius 1 is 1.28 bits per heavy atom. The molecule has 94 valence electrons. The van der Waals surface area contributed by atoms with Crippen molar-refractivity contribution in [3.63, 3.8) is 0 Å². The molecule has 0 unspecified atom stereocenters. The van der Waals surface area contributed by atoms with E-state index in [0.717, 1.165) is 5.69 Å². The maximum atomic E-state index is 12.9. The normalized spacial score (nSPS) is 15.9. The van der Waals surface area contributed by atoms with Crippen LogP contribution in [-0.2, 0) is 0 Å². The molecule has 0 aliphatic carbocycles. The number of aryl methyl sites for hydroxylation is 1. The topological polar surface area (TPSA) is 39.2 Å². The third kappa shape index (κ3) is 1.67. The molecule has 1 N–H and O–H groups in total. The van der Waals surface area contributed by atoms with Gasteiger partial charge in [-0.25, -0.2) is 0 Å². The van der Waals surface area contributed by atoms with E-state index in [2.05, 4.69) is 14.5 Å².